The summed E-state index contributed by atoms with van der Waals surface area (Å²) in [6.07, 6.45) is -8.46. The summed E-state index contributed by atoms with van der Waals surface area (Å²) in [5.74, 6) is 0. The Morgan fingerprint density at radius 2 is 1.76 bits per heavy atom. The van der Waals surface area contributed by atoms with Crippen LogP contribution in [0.4, 0.5) is 36.8 Å². The Labute approximate surface area is 137 Å². The second kappa shape index (κ2) is 6.28. The number of para-hydroxylation sites is 1. The summed E-state index contributed by atoms with van der Waals surface area (Å²) >= 11 is 0. The summed E-state index contributed by atoms with van der Waals surface area (Å²) in [7, 11) is -5.72. The number of anilines is 1. The van der Waals surface area contributed by atoms with Crippen molar-refractivity contribution < 1.29 is 44.3 Å². The lowest BCUT2D eigenvalue weighted by molar-refractivity contribution is -0.192. The molecule has 140 valence electrons. The summed E-state index contributed by atoms with van der Waals surface area (Å²) in [5.41, 5.74) is -6.22. The first kappa shape index (κ1) is 19.1. The zero-order valence-corrected chi connectivity index (χ0v) is 12.9. The highest BCUT2D eigenvalue weighted by Crippen LogP contribution is 2.31. The number of halogens is 6. The van der Waals surface area contributed by atoms with Crippen LogP contribution in [0.5, 0.6) is 0 Å². The fraction of sp³-hybridized carbons (Fsp3) is 0.417. The first-order valence-corrected chi connectivity index (χ1v) is 7.99. The van der Waals surface area contributed by atoms with Crippen molar-refractivity contribution in [2.75, 3.05) is 11.3 Å². The number of nitrogens with zero attached hydrogens (tertiary/aromatic N) is 1. The zero-order valence-electron chi connectivity index (χ0n) is 12.1. The first-order valence-electron chi connectivity index (χ1n) is 6.50. The van der Waals surface area contributed by atoms with E-state index in [1.165, 1.54) is 22.9 Å². The molecule has 0 aliphatic carbocycles. The molecule has 1 saturated heterocycles. The van der Waals surface area contributed by atoms with Crippen LogP contribution in [0.1, 0.15) is 5.56 Å². The highest BCUT2D eigenvalue weighted by Gasteiger charge is 2.49. The number of benzene rings is 1. The third-order valence-corrected chi connectivity index (χ3v) is 4.28. The van der Waals surface area contributed by atoms with Crippen LogP contribution in [-0.2, 0) is 21.3 Å². The van der Waals surface area contributed by atoms with E-state index in [-0.39, 0.29) is 5.56 Å². The van der Waals surface area contributed by atoms with Crippen LogP contribution < -0.4 is 4.72 Å². The first-order chi connectivity index (χ1) is 11.3. The average molecular weight is 392 g/mol. The normalized spacial score (nSPS) is 19.0. The summed E-state index contributed by atoms with van der Waals surface area (Å²) in [6.45, 7) is -1.43. The fourth-order valence-electron chi connectivity index (χ4n) is 1.97. The van der Waals surface area contributed by atoms with Crippen molar-refractivity contribution in [3.63, 3.8) is 0 Å². The zero-order chi connectivity index (χ0) is 19.0. The molecule has 1 atom stereocenters. The molecule has 1 fully saturated rings. The predicted molar refractivity (Wildman–Crippen MR) is 71.8 cm³/mol. The van der Waals surface area contributed by atoms with E-state index in [1.54, 1.807) is 0 Å². The molecule has 0 spiro atoms. The van der Waals surface area contributed by atoms with Crippen LogP contribution in [0.2, 0.25) is 0 Å². The van der Waals surface area contributed by atoms with Gasteiger partial charge in [-0.25, -0.2) is 4.79 Å². The molecule has 2 rings (SSSR count). The van der Waals surface area contributed by atoms with Gasteiger partial charge in [0.1, 0.15) is 0 Å². The molecule has 1 unspecified atom stereocenters. The van der Waals surface area contributed by atoms with Gasteiger partial charge in [0.05, 0.1) is 18.8 Å². The van der Waals surface area contributed by atoms with E-state index in [1.807, 2.05) is 0 Å². The summed E-state index contributed by atoms with van der Waals surface area (Å²) in [5, 5.41) is 0. The Bertz CT molecular complexity index is 762. The SMILES string of the molecule is O=C1OC(C(F)(F)F)CN1Cc1ccccc1NS(=O)(=O)C(F)(F)F. The van der Waals surface area contributed by atoms with Gasteiger partial charge in [-0.1, -0.05) is 18.2 Å². The van der Waals surface area contributed by atoms with Crippen molar-refractivity contribution in [3.05, 3.63) is 29.8 Å². The molecular formula is C12H10F6N2O4S. The number of nitrogens with one attached hydrogen (secondary N) is 1. The Balaban J connectivity index is 2.21. The number of carbonyl (C=O) groups excluding carboxylic acids is 1. The number of sulfonamides is 1. The number of ether oxygens (including phenoxy) is 1. The second-order valence-corrected chi connectivity index (χ2v) is 6.68. The van der Waals surface area contributed by atoms with Gasteiger partial charge in [-0.2, -0.15) is 34.8 Å². The fourth-order valence-corrected chi connectivity index (χ4v) is 2.58. The molecule has 0 radical (unpaired) electrons. The summed E-state index contributed by atoms with van der Waals surface area (Å²) in [6, 6.07) is 4.70. The molecule has 1 N–H and O–H groups in total. The van der Waals surface area contributed by atoms with Crippen molar-refractivity contribution in [1.82, 2.24) is 4.90 Å². The molecule has 1 aromatic carbocycles. The molecule has 1 amide bonds. The van der Waals surface area contributed by atoms with Crippen LogP contribution in [0.25, 0.3) is 0 Å². The quantitative estimate of drug-likeness (QED) is 0.800. The number of carbonyl (C=O) groups is 1. The van der Waals surface area contributed by atoms with Gasteiger partial charge in [0.25, 0.3) is 0 Å². The maximum atomic E-state index is 12.6. The predicted octanol–water partition coefficient (Wildman–Crippen LogP) is 2.83. The third kappa shape index (κ3) is 4.27. The lowest BCUT2D eigenvalue weighted by Crippen LogP contribution is -2.33. The molecule has 1 aliphatic heterocycles. The summed E-state index contributed by atoms with van der Waals surface area (Å²) < 4.78 is 103. The molecule has 0 saturated carbocycles. The number of alkyl halides is 6. The molecule has 0 aromatic heterocycles. The van der Waals surface area contributed by atoms with Crippen molar-refractivity contribution >= 4 is 21.8 Å². The largest absolute Gasteiger partial charge is 0.516 e. The van der Waals surface area contributed by atoms with E-state index in [0.717, 1.165) is 6.07 Å². The van der Waals surface area contributed by atoms with Crippen molar-refractivity contribution in [2.45, 2.75) is 24.3 Å². The van der Waals surface area contributed by atoms with Gasteiger partial charge in [0.2, 0.25) is 6.10 Å². The van der Waals surface area contributed by atoms with Gasteiger partial charge >= 0.3 is 27.8 Å². The molecule has 1 aliphatic rings. The van der Waals surface area contributed by atoms with Crippen LogP contribution in [0.15, 0.2) is 24.3 Å². The van der Waals surface area contributed by atoms with E-state index in [2.05, 4.69) is 4.74 Å². The van der Waals surface area contributed by atoms with Crippen LogP contribution >= 0.6 is 0 Å². The minimum Gasteiger partial charge on any atom is -0.434 e. The Kier molecular flexibility index (Phi) is 4.81. The summed E-state index contributed by atoms with van der Waals surface area (Å²) in [4.78, 5) is 12.1. The van der Waals surface area contributed by atoms with Gasteiger partial charge in [-0.05, 0) is 11.6 Å². The van der Waals surface area contributed by atoms with Gasteiger partial charge in [-0.3, -0.25) is 9.62 Å². The van der Waals surface area contributed by atoms with E-state index in [9.17, 15) is 39.6 Å². The third-order valence-electron chi connectivity index (χ3n) is 3.18. The maximum absolute atomic E-state index is 12.6. The molecular weight excluding hydrogens is 382 g/mol. The Hall–Kier alpha value is -2.18. The minimum absolute atomic E-state index is 0.130. The number of hydrogen-bond acceptors (Lipinski definition) is 4. The second-order valence-electron chi connectivity index (χ2n) is 5.00. The van der Waals surface area contributed by atoms with Crippen molar-refractivity contribution in [2.24, 2.45) is 0 Å². The Morgan fingerprint density at radius 1 is 1.16 bits per heavy atom. The molecule has 0 bridgehead atoms. The monoisotopic (exact) mass is 392 g/mol. The van der Waals surface area contributed by atoms with E-state index >= 15 is 0 Å². The van der Waals surface area contributed by atoms with Crippen molar-refractivity contribution in [1.29, 1.82) is 0 Å². The Morgan fingerprint density at radius 3 is 2.28 bits per heavy atom. The highest BCUT2D eigenvalue weighted by atomic mass is 32.2. The number of cyclic esters (lactones) is 1. The topological polar surface area (TPSA) is 75.7 Å². The van der Waals surface area contributed by atoms with Gasteiger partial charge in [0, 0.05) is 0 Å². The highest BCUT2D eigenvalue weighted by molar-refractivity contribution is 7.93. The molecule has 1 aromatic rings. The van der Waals surface area contributed by atoms with Crippen LogP contribution in [0.3, 0.4) is 0 Å². The standard InChI is InChI=1S/C12H10F6N2O4S/c13-11(14,15)9-6-20(10(21)24-9)5-7-3-1-2-4-8(7)19-25(22,23)12(16,17)18/h1-4,9,19H,5-6H2. The van der Waals surface area contributed by atoms with Gasteiger partial charge < -0.3 is 4.74 Å². The van der Waals surface area contributed by atoms with E-state index < -0.39 is 52.7 Å². The number of hydrogen-bond donors (Lipinski definition) is 1. The van der Waals surface area contributed by atoms with E-state index in [4.69, 9.17) is 0 Å². The minimum atomic E-state index is -5.72. The molecule has 13 heteroatoms. The average Bonchev–Trinajstić information content (AvgIpc) is 2.81. The van der Waals surface area contributed by atoms with Crippen molar-refractivity contribution in [3.8, 4) is 0 Å². The lowest BCUT2D eigenvalue weighted by atomic mass is 10.1. The molecule has 1 heterocycles. The molecule has 25 heavy (non-hydrogen) atoms. The van der Waals surface area contributed by atoms with Gasteiger partial charge in [-0.15, -0.1) is 0 Å². The number of amides is 1. The van der Waals surface area contributed by atoms with Gasteiger partial charge in [0.15, 0.2) is 0 Å². The number of rotatable bonds is 4. The van der Waals surface area contributed by atoms with Crippen LogP contribution in [0, 0.1) is 0 Å². The van der Waals surface area contributed by atoms with E-state index in [0.29, 0.717) is 4.90 Å². The lowest BCUT2D eigenvalue weighted by Gasteiger charge is -2.18. The van der Waals surface area contributed by atoms with Crippen LogP contribution in [-0.4, -0.2) is 43.7 Å². The maximum Gasteiger partial charge on any atom is 0.516 e. The smallest absolute Gasteiger partial charge is 0.434 e. The molecule has 6 nitrogen and oxygen atoms in total.